The molecule has 0 bridgehead atoms. The smallest absolute Gasteiger partial charge is 0.244 e. The van der Waals surface area contributed by atoms with Crippen LogP contribution in [0.15, 0.2) is 42.4 Å². The molecule has 5 heteroatoms. The third kappa shape index (κ3) is 4.06. The summed E-state index contributed by atoms with van der Waals surface area (Å²) in [6, 6.07) is 3.90. The van der Waals surface area contributed by atoms with Crippen molar-refractivity contribution in [1.29, 1.82) is 0 Å². The minimum Gasteiger partial charge on any atom is -0.348 e. The van der Waals surface area contributed by atoms with Crippen molar-refractivity contribution < 1.29 is 4.79 Å². The van der Waals surface area contributed by atoms with E-state index in [0.717, 1.165) is 30.0 Å². The molecule has 0 radical (unpaired) electrons. The van der Waals surface area contributed by atoms with Gasteiger partial charge in [-0.2, -0.15) is 0 Å². The number of allylic oxidation sites excluding steroid dienone is 1. The van der Waals surface area contributed by atoms with E-state index >= 15 is 0 Å². The van der Waals surface area contributed by atoms with Crippen molar-refractivity contribution in [3.63, 3.8) is 0 Å². The van der Waals surface area contributed by atoms with Gasteiger partial charge in [-0.1, -0.05) is 12.0 Å². The highest BCUT2D eigenvalue weighted by Crippen LogP contribution is 2.22. The molecular weight excluding hydrogens is 288 g/mol. The van der Waals surface area contributed by atoms with Crippen molar-refractivity contribution in [3.05, 3.63) is 53.8 Å². The number of hydrogen-bond acceptors (Lipinski definition) is 3. The highest BCUT2D eigenvalue weighted by Gasteiger charge is 2.08. The molecule has 23 heavy (non-hydrogen) atoms. The first kappa shape index (κ1) is 15.5. The number of imidazole rings is 1. The highest BCUT2D eigenvalue weighted by molar-refractivity contribution is 5.88. The van der Waals surface area contributed by atoms with E-state index in [4.69, 9.17) is 0 Å². The summed E-state index contributed by atoms with van der Waals surface area (Å²) in [5, 5.41) is 2.97. The molecule has 2 heterocycles. The zero-order valence-corrected chi connectivity index (χ0v) is 13.5. The summed E-state index contributed by atoms with van der Waals surface area (Å²) in [7, 11) is 0. The third-order valence-electron chi connectivity index (χ3n) is 4.18. The molecule has 3 rings (SSSR count). The van der Waals surface area contributed by atoms with Crippen LogP contribution in [0.1, 0.15) is 43.5 Å². The van der Waals surface area contributed by atoms with Crippen molar-refractivity contribution in [2.24, 2.45) is 0 Å². The number of hydrogen-bond donors (Lipinski definition) is 1. The zero-order chi connectivity index (χ0) is 16.1. The molecule has 2 aromatic rings. The molecule has 0 atom stereocenters. The summed E-state index contributed by atoms with van der Waals surface area (Å²) < 4.78 is 1.93. The van der Waals surface area contributed by atoms with Crippen LogP contribution in [0.3, 0.4) is 0 Å². The molecule has 5 nitrogen and oxygen atoms in total. The molecule has 0 spiro atoms. The van der Waals surface area contributed by atoms with Gasteiger partial charge in [-0.05, 0) is 50.3 Å². The predicted molar refractivity (Wildman–Crippen MR) is 89.1 cm³/mol. The van der Waals surface area contributed by atoms with Crippen molar-refractivity contribution in [3.8, 4) is 5.82 Å². The summed E-state index contributed by atoms with van der Waals surface area (Å²) >= 11 is 0. The Kier molecular flexibility index (Phi) is 4.86. The summed E-state index contributed by atoms with van der Waals surface area (Å²) in [6.07, 6.45) is 13.0. The number of aryl methyl sites for hydroxylation is 1. The molecule has 2 aromatic heterocycles. The number of pyridine rings is 1. The lowest BCUT2D eigenvalue weighted by atomic mass is 9.94. The SMILES string of the molecule is Cc1nccn1-c1cc(CNC(=O)C=C2CCCCC2)ccn1. The molecule has 1 amide bonds. The molecule has 0 aromatic carbocycles. The number of rotatable bonds is 4. The van der Waals surface area contributed by atoms with Gasteiger partial charge in [0.1, 0.15) is 11.6 Å². The summed E-state index contributed by atoms with van der Waals surface area (Å²) in [4.78, 5) is 20.6. The summed E-state index contributed by atoms with van der Waals surface area (Å²) in [6.45, 7) is 2.44. The van der Waals surface area contributed by atoms with E-state index in [-0.39, 0.29) is 5.91 Å². The second-order valence-electron chi connectivity index (χ2n) is 5.95. The van der Waals surface area contributed by atoms with Gasteiger partial charge in [0.05, 0.1) is 0 Å². The number of carbonyl (C=O) groups is 1. The van der Waals surface area contributed by atoms with E-state index < -0.39 is 0 Å². The van der Waals surface area contributed by atoms with Crippen molar-refractivity contribution in [2.45, 2.75) is 45.6 Å². The minimum atomic E-state index is -0.000858. The topological polar surface area (TPSA) is 59.8 Å². The van der Waals surface area contributed by atoms with Crippen LogP contribution < -0.4 is 5.32 Å². The largest absolute Gasteiger partial charge is 0.348 e. The second-order valence-corrected chi connectivity index (χ2v) is 5.95. The number of nitrogens with one attached hydrogen (secondary N) is 1. The Morgan fingerprint density at radius 3 is 2.83 bits per heavy atom. The van der Waals surface area contributed by atoms with Crippen LogP contribution >= 0.6 is 0 Å². The maximum Gasteiger partial charge on any atom is 0.244 e. The maximum absolute atomic E-state index is 12.0. The Balaban J connectivity index is 1.62. The van der Waals surface area contributed by atoms with E-state index in [1.165, 1.54) is 24.8 Å². The molecule has 1 saturated carbocycles. The van der Waals surface area contributed by atoms with Gasteiger partial charge in [-0.15, -0.1) is 0 Å². The first-order valence-corrected chi connectivity index (χ1v) is 8.15. The summed E-state index contributed by atoms with van der Waals surface area (Å²) in [5.74, 6) is 1.71. The Morgan fingerprint density at radius 1 is 1.26 bits per heavy atom. The van der Waals surface area contributed by atoms with Crippen LogP contribution in [-0.2, 0) is 11.3 Å². The van der Waals surface area contributed by atoms with E-state index in [2.05, 4.69) is 15.3 Å². The Bertz CT molecular complexity index is 709. The Hall–Kier alpha value is -2.43. The monoisotopic (exact) mass is 310 g/mol. The van der Waals surface area contributed by atoms with E-state index in [1.807, 2.05) is 29.8 Å². The highest BCUT2D eigenvalue weighted by atomic mass is 16.1. The normalized spacial score (nSPS) is 14.6. The summed E-state index contributed by atoms with van der Waals surface area (Å²) in [5.41, 5.74) is 2.30. The number of carbonyl (C=O) groups excluding carboxylic acids is 1. The van der Waals surface area contributed by atoms with Gasteiger partial charge >= 0.3 is 0 Å². The second kappa shape index (κ2) is 7.22. The van der Waals surface area contributed by atoms with Gasteiger partial charge in [0.15, 0.2) is 0 Å². The third-order valence-corrected chi connectivity index (χ3v) is 4.18. The Morgan fingerprint density at radius 2 is 2.09 bits per heavy atom. The van der Waals surface area contributed by atoms with Crippen LogP contribution in [0.2, 0.25) is 0 Å². The number of aromatic nitrogens is 3. The molecule has 1 N–H and O–H groups in total. The lowest BCUT2D eigenvalue weighted by Gasteiger charge is -2.13. The van der Waals surface area contributed by atoms with Gasteiger partial charge in [0, 0.05) is 31.2 Å². The fourth-order valence-electron chi connectivity index (χ4n) is 2.90. The van der Waals surface area contributed by atoms with Gasteiger partial charge < -0.3 is 5.32 Å². The predicted octanol–water partition coefficient (Wildman–Crippen LogP) is 3.08. The fourth-order valence-corrected chi connectivity index (χ4v) is 2.90. The number of amides is 1. The zero-order valence-electron chi connectivity index (χ0n) is 13.5. The Labute approximate surface area is 136 Å². The molecule has 1 aliphatic carbocycles. The van der Waals surface area contributed by atoms with Crippen LogP contribution in [0.25, 0.3) is 5.82 Å². The minimum absolute atomic E-state index is 0.000858. The fraction of sp³-hybridized carbons (Fsp3) is 0.389. The van der Waals surface area contributed by atoms with Gasteiger partial charge in [-0.25, -0.2) is 9.97 Å². The van der Waals surface area contributed by atoms with Crippen molar-refractivity contribution in [1.82, 2.24) is 19.9 Å². The first-order chi connectivity index (χ1) is 11.2. The van der Waals surface area contributed by atoms with Gasteiger partial charge in [0.2, 0.25) is 5.91 Å². The quantitative estimate of drug-likeness (QED) is 0.883. The van der Waals surface area contributed by atoms with Crippen LogP contribution in [-0.4, -0.2) is 20.4 Å². The molecule has 1 aliphatic rings. The lowest BCUT2D eigenvalue weighted by Crippen LogP contribution is -2.21. The van der Waals surface area contributed by atoms with Crippen molar-refractivity contribution in [2.75, 3.05) is 0 Å². The van der Waals surface area contributed by atoms with E-state index in [9.17, 15) is 4.79 Å². The average molecular weight is 310 g/mol. The number of nitrogens with zero attached hydrogens (tertiary/aromatic N) is 3. The molecule has 1 fully saturated rings. The van der Waals surface area contributed by atoms with Crippen LogP contribution in [0.4, 0.5) is 0 Å². The lowest BCUT2D eigenvalue weighted by molar-refractivity contribution is -0.116. The van der Waals surface area contributed by atoms with Gasteiger partial charge in [-0.3, -0.25) is 9.36 Å². The molecule has 120 valence electrons. The molecular formula is C18H22N4O. The van der Waals surface area contributed by atoms with Crippen LogP contribution in [0.5, 0.6) is 0 Å². The average Bonchev–Trinajstić information content (AvgIpc) is 3.00. The van der Waals surface area contributed by atoms with Gasteiger partial charge in [0.25, 0.3) is 0 Å². The van der Waals surface area contributed by atoms with Crippen LogP contribution in [0, 0.1) is 6.92 Å². The molecule has 0 aliphatic heterocycles. The van der Waals surface area contributed by atoms with E-state index in [0.29, 0.717) is 6.54 Å². The first-order valence-electron chi connectivity index (χ1n) is 8.15. The molecule has 0 unspecified atom stereocenters. The van der Waals surface area contributed by atoms with Crippen molar-refractivity contribution >= 4 is 5.91 Å². The molecule has 0 saturated heterocycles. The standard InChI is InChI=1S/C18H22N4O/c1-14-19-9-10-22(14)17-11-16(7-8-20-17)13-21-18(23)12-15-5-3-2-4-6-15/h7-12H,2-6,13H2,1H3,(H,21,23). The maximum atomic E-state index is 12.0. The van der Waals surface area contributed by atoms with E-state index in [1.54, 1.807) is 18.5 Å².